The molecule has 9 nitrogen and oxygen atoms in total. The van der Waals surface area contributed by atoms with Gasteiger partial charge in [-0.25, -0.2) is 8.42 Å². The van der Waals surface area contributed by atoms with E-state index in [1.54, 1.807) is 12.1 Å². The Morgan fingerprint density at radius 2 is 1.64 bits per heavy atom. The van der Waals surface area contributed by atoms with E-state index < -0.39 is 22.5 Å². The third-order valence-corrected chi connectivity index (χ3v) is 7.74. The molecule has 0 aromatic heterocycles. The molecule has 1 aromatic carbocycles. The van der Waals surface area contributed by atoms with Crippen molar-refractivity contribution in [3.8, 4) is 0 Å². The zero-order valence-corrected chi connectivity index (χ0v) is 22.9. The van der Waals surface area contributed by atoms with Crippen LogP contribution in [-0.2, 0) is 25.9 Å². The van der Waals surface area contributed by atoms with Gasteiger partial charge in [0.25, 0.3) is 0 Å². The van der Waals surface area contributed by atoms with Gasteiger partial charge in [0, 0.05) is 39.0 Å². The molecule has 1 aliphatic rings. The van der Waals surface area contributed by atoms with Crippen molar-refractivity contribution in [2.45, 2.75) is 69.3 Å². The fourth-order valence-electron chi connectivity index (χ4n) is 4.37. The van der Waals surface area contributed by atoms with Crippen LogP contribution in [-0.4, -0.2) is 92.5 Å². The van der Waals surface area contributed by atoms with Gasteiger partial charge >= 0.3 is 13.1 Å². The number of benzene rings is 1. The SMILES string of the molecule is CC(C)COC(=O)C(N)(CCCCB(O)O)CCCN1CCN(Cc2ccc(S(C)(=O)=O)cc2)CC1. The van der Waals surface area contributed by atoms with E-state index in [0.717, 1.165) is 51.3 Å². The maximum absolute atomic E-state index is 12.8. The number of nitrogens with two attached hydrogens (primary N) is 1. The molecule has 1 aromatic rings. The molecule has 36 heavy (non-hydrogen) atoms. The monoisotopic (exact) mass is 525 g/mol. The average molecular weight is 526 g/mol. The van der Waals surface area contributed by atoms with Crippen LogP contribution in [0.3, 0.4) is 0 Å². The van der Waals surface area contributed by atoms with E-state index in [1.807, 2.05) is 26.0 Å². The molecule has 1 fully saturated rings. The van der Waals surface area contributed by atoms with E-state index in [0.29, 0.717) is 37.2 Å². The summed E-state index contributed by atoms with van der Waals surface area (Å²) in [4.78, 5) is 17.9. The Hall–Kier alpha value is -1.50. The number of nitrogens with zero attached hydrogens (tertiary/aromatic N) is 2. The Balaban J connectivity index is 1.79. The molecule has 0 amide bonds. The van der Waals surface area contributed by atoms with E-state index in [4.69, 9.17) is 20.5 Å². The maximum atomic E-state index is 12.8. The van der Waals surface area contributed by atoms with Gasteiger partial charge in [0.15, 0.2) is 9.84 Å². The first-order valence-electron chi connectivity index (χ1n) is 12.9. The Bertz CT molecular complexity index is 905. The number of carbonyl (C=O) groups excluding carboxylic acids is 1. The van der Waals surface area contributed by atoms with Crippen molar-refractivity contribution >= 4 is 22.9 Å². The van der Waals surface area contributed by atoms with Gasteiger partial charge in [-0.05, 0) is 55.7 Å². The number of ether oxygens (including phenoxy) is 1. The van der Waals surface area contributed by atoms with Crippen molar-refractivity contribution in [1.29, 1.82) is 0 Å². The summed E-state index contributed by atoms with van der Waals surface area (Å²) < 4.78 is 28.7. The van der Waals surface area contributed by atoms with E-state index in [2.05, 4.69) is 9.80 Å². The van der Waals surface area contributed by atoms with Gasteiger partial charge in [-0.1, -0.05) is 38.8 Å². The number of sulfone groups is 1. The van der Waals surface area contributed by atoms with Crippen LogP contribution in [0.1, 0.15) is 51.5 Å². The number of hydrogen-bond donors (Lipinski definition) is 3. The molecule has 1 saturated heterocycles. The molecule has 0 spiro atoms. The highest BCUT2D eigenvalue weighted by atomic mass is 32.2. The molecule has 2 rings (SSSR count). The summed E-state index contributed by atoms with van der Waals surface area (Å²) in [5, 5.41) is 18.1. The molecule has 1 atom stereocenters. The van der Waals surface area contributed by atoms with Crippen molar-refractivity contribution in [3.05, 3.63) is 29.8 Å². The maximum Gasteiger partial charge on any atom is 0.451 e. The van der Waals surface area contributed by atoms with Crippen LogP contribution in [0.5, 0.6) is 0 Å². The molecular weight excluding hydrogens is 481 g/mol. The van der Waals surface area contributed by atoms with Crippen LogP contribution in [0, 0.1) is 5.92 Å². The van der Waals surface area contributed by atoms with Crippen LogP contribution < -0.4 is 5.73 Å². The van der Waals surface area contributed by atoms with Crippen molar-refractivity contribution in [1.82, 2.24) is 9.80 Å². The smallest absolute Gasteiger partial charge is 0.451 e. The van der Waals surface area contributed by atoms with Gasteiger partial charge in [-0.15, -0.1) is 0 Å². The van der Waals surface area contributed by atoms with Gasteiger partial charge in [0.05, 0.1) is 11.5 Å². The second-order valence-corrected chi connectivity index (χ2v) is 12.5. The van der Waals surface area contributed by atoms with E-state index in [-0.39, 0.29) is 18.2 Å². The minimum Gasteiger partial charge on any atom is -0.464 e. The standard InChI is InChI=1S/C25H44BN3O6S/c1-21(2)20-35-24(30)25(27,11-4-5-13-26(31)32)12-6-14-28-15-17-29(18-16-28)19-22-7-9-23(10-8-22)36(3,33)34/h7-10,21,31-32H,4-6,11-20,27H2,1-3H3. The highest BCUT2D eigenvalue weighted by Crippen LogP contribution is 2.22. The third kappa shape index (κ3) is 10.9. The van der Waals surface area contributed by atoms with Gasteiger partial charge in [-0.2, -0.15) is 0 Å². The highest BCUT2D eigenvalue weighted by Gasteiger charge is 2.35. The molecule has 1 heterocycles. The summed E-state index contributed by atoms with van der Waals surface area (Å²) in [5.74, 6) is -0.135. The lowest BCUT2D eigenvalue weighted by atomic mass is 9.81. The summed E-state index contributed by atoms with van der Waals surface area (Å²) >= 11 is 0. The van der Waals surface area contributed by atoms with Crippen molar-refractivity contribution in [3.63, 3.8) is 0 Å². The topological polar surface area (TPSA) is 133 Å². The molecule has 0 bridgehead atoms. The Morgan fingerprint density at radius 3 is 2.19 bits per heavy atom. The second-order valence-electron chi connectivity index (χ2n) is 10.5. The first-order chi connectivity index (χ1) is 16.9. The number of hydrogen-bond acceptors (Lipinski definition) is 9. The van der Waals surface area contributed by atoms with Crippen LogP contribution in [0.15, 0.2) is 29.2 Å². The predicted octanol–water partition coefficient (Wildman–Crippen LogP) is 1.53. The lowest BCUT2D eigenvalue weighted by molar-refractivity contribution is -0.152. The lowest BCUT2D eigenvalue weighted by Gasteiger charge is -2.35. The summed E-state index contributed by atoms with van der Waals surface area (Å²) in [6.45, 7) is 9.62. The molecule has 0 radical (unpaired) electrons. The Kier molecular flexibility index (Phi) is 12.3. The molecule has 1 aliphatic heterocycles. The van der Waals surface area contributed by atoms with Crippen LogP contribution in [0.4, 0.5) is 0 Å². The fourth-order valence-corrected chi connectivity index (χ4v) is 5.00. The molecule has 11 heteroatoms. The number of rotatable bonds is 15. The van der Waals surface area contributed by atoms with E-state index in [9.17, 15) is 13.2 Å². The molecule has 204 valence electrons. The average Bonchev–Trinajstić information content (AvgIpc) is 2.81. The zero-order chi connectivity index (χ0) is 26.8. The predicted molar refractivity (Wildman–Crippen MR) is 142 cm³/mol. The Labute approximate surface area is 217 Å². The van der Waals surface area contributed by atoms with E-state index >= 15 is 0 Å². The number of esters is 1. The van der Waals surface area contributed by atoms with Gasteiger partial charge in [0.2, 0.25) is 0 Å². The second kappa shape index (κ2) is 14.4. The number of unbranched alkanes of at least 4 members (excludes halogenated alkanes) is 1. The van der Waals surface area contributed by atoms with Gasteiger partial charge < -0.3 is 25.4 Å². The summed E-state index contributed by atoms with van der Waals surface area (Å²) in [6.07, 6.45) is 4.47. The third-order valence-electron chi connectivity index (χ3n) is 6.61. The highest BCUT2D eigenvalue weighted by molar-refractivity contribution is 7.90. The zero-order valence-electron chi connectivity index (χ0n) is 22.1. The van der Waals surface area contributed by atoms with E-state index in [1.165, 1.54) is 6.26 Å². The van der Waals surface area contributed by atoms with Crippen LogP contribution in [0.25, 0.3) is 0 Å². The Morgan fingerprint density at radius 1 is 1.06 bits per heavy atom. The molecule has 0 saturated carbocycles. The quantitative estimate of drug-likeness (QED) is 0.177. The van der Waals surface area contributed by atoms with Gasteiger partial charge in [0.1, 0.15) is 5.54 Å². The molecule has 0 aliphatic carbocycles. The molecule has 4 N–H and O–H groups in total. The first-order valence-corrected chi connectivity index (χ1v) is 14.8. The lowest BCUT2D eigenvalue weighted by Crippen LogP contribution is -2.50. The fraction of sp³-hybridized carbons (Fsp3) is 0.720. The number of carbonyl (C=O) groups is 1. The molecule has 1 unspecified atom stereocenters. The summed E-state index contributed by atoms with van der Waals surface area (Å²) in [6, 6.07) is 7.09. The van der Waals surface area contributed by atoms with Crippen molar-refractivity contribution in [2.75, 3.05) is 45.6 Å². The first kappa shape index (κ1) is 30.7. The molecular formula is C25H44BN3O6S. The summed E-state index contributed by atoms with van der Waals surface area (Å²) in [7, 11) is -4.52. The van der Waals surface area contributed by atoms with Crippen molar-refractivity contribution in [2.24, 2.45) is 11.7 Å². The minimum atomic E-state index is -3.18. The minimum absolute atomic E-state index is 0.233. The van der Waals surface area contributed by atoms with Crippen molar-refractivity contribution < 1.29 is 28.0 Å². The number of piperazine rings is 1. The normalized spacial score (nSPS) is 17.2. The van der Waals surface area contributed by atoms with Gasteiger partial charge in [-0.3, -0.25) is 9.69 Å². The van der Waals surface area contributed by atoms with Crippen LogP contribution >= 0.6 is 0 Å². The largest absolute Gasteiger partial charge is 0.464 e. The van der Waals surface area contributed by atoms with Crippen LogP contribution in [0.2, 0.25) is 6.32 Å². The summed E-state index contributed by atoms with van der Waals surface area (Å²) in [5.41, 5.74) is 6.58.